The molecule has 2 aromatic carbocycles. The lowest BCUT2D eigenvalue weighted by Gasteiger charge is -2.11. The molecule has 0 atom stereocenters. The Balaban J connectivity index is 1.54. The first-order chi connectivity index (χ1) is 14.9. The maximum atomic E-state index is 11.9. The summed E-state index contributed by atoms with van der Waals surface area (Å²) in [5.74, 6) is -1.23. The van der Waals surface area contributed by atoms with Crippen molar-refractivity contribution in [1.82, 2.24) is 16.2 Å². The summed E-state index contributed by atoms with van der Waals surface area (Å²) < 4.78 is 5.13. The van der Waals surface area contributed by atoms with Gasteiger partial charge >= 0.3 is 5.97 Å². The Bertz CT molecular complexity index is 891. The first-order valence-corrected chi connectivity index (χ1v) is 10.5. The van der Waals surface area contributed by atoms with Gasteiger partial charge in [0.05, 0.1) is 19.4 Å². The van der Waals surface area contributed by atoms with Gasteiger partial charge in [-0.1, -0.05) is 54.1 Å². The largest absolute Gasteiger partial charge is 0.466 e. The number of carbonyl (C=O) groups excluding carboxylic acids is 3. The molecule has 3 N–H and O–H groups in total. The second-order valence-corrected chi connectivity index (χ2v) is 7.51. The minimum atomic E-state index is -0.453. The highest BCUT2D eigenvalue weighted by Gasteiger charge is 2.10. The molecule has 2 amide bonds. The Hall–Kier alpha value is -2.97. The molecule has 0 saturated carbocycles. The smallest absolute Gasteiger partial charge is 0.306 e. The summed E-state index contributed by atoms with van der Waals surface area (Å²) in [5.41, 5.74) is 6.80. The number of amides is 2. The topological polar surface area (TPSA) is 96.5 Å². The number of carbonyl (C=O) groups is 3. The van der Waals surface area contributed by atoms with E-state index < -0.39 is 11.9 Å². The molecular weight excluding hydrogens is 438 g/mol. The molecule has 0 radical (unpaired) electrons. The van der Waals surface area contributed by atoms with E-state index in [0.717, 1.165) is 12.0 Å². The number of rotatable bonds is 9. The lowest BCUT2D eigenvalue weighted by Crippen LogP contribution is -2.48. The predicted octanol–water partition coefficient (Wildman–Crippen LogP) is 2.86. The van der Waals surface area contributed by atoms with E-state index in [9.17, 15) is 14.4 Å². The van der Waals surface area contributed by atoms with E-state index in [1.54, 1.807) is 24.3 Å². The molecule has 9 heteroatoms. The minimum Gasteiger partial charge on any atom is -0.466 e. The number of hydrazine groups is 1. The Labute approximate surface area is 191 Å². The summed E-state index contributed by atoms with van der Waals surface area (Å²) in [7, 11) is 0. The monoisotopic (exact) mass is 461 g/mol. The van der Waals surface area contributed by atoms with E-state index in [1.165, 1.54) is 5.56 Å². The van der Waals surface area contributed by atoms with Crippen molar-refractivity contribution < 1.29 is 19.1 Å². The highest BCUT2D eigenvalue weighted by Crippen LogP contribution is 2.09. The van der Waals surface area contributed by atoms with Crippen LogP contribution in [0.25, 0.3) is 0 Å². The minimum absolute atomic E-state index is 0.0529. The summed E-state index contributed by atoms with van der Waals surface area (Å²) in [5, 5.41) is 2.91. The SMILES string of the molecule is O=C(Cc1ccc(Cl)cc1)NNC(=S)NC(=O)CCC(=O)OCCCc1ccccc1. The predicted molar refractivity (Wildman–Crippen MR) is 122 cm³/mol. The van der Waals surface area contributed by atoms with Gasteiger partial charge in [-0.3, -0.25) is 25.2 Å². The number of thiocarbonyl (C=S) groups is 1. The maximum Gasteiger partial charge on any atom is 0.306 e. The first-order valence-electron chi connectivity index (χ1n) is 9.75. The van der Waals surface area contributed by atoms with E-state index in [4.69, 9.17) is 28.6 Å². The molecule has 0 aliphatic heterocycles. The van der Waals surface area contributed by atoms with Crippen LogP contribution >= 0.6 is 23.8 Å². The summed E-state index contributed by atoms with van der Waals surface area (Å²) in [6.45, 7) is 0.301. The molecule has 0 aliphatic rings. The summed E-state index contributed by atoms with van der Waals surface area (Å²) in [6, 6.07) is 16.8. The molecule has 2 rings (SSSR count). The molecule has 31 heavy (non-hydrogen) atoms. The van der Waals surface area contributed by atoms with Crippen molar-refractivity contribution >= 4 is 46.7 Å². The lowest BCUT2D eigenvalue weighted by atomic mass is 10.1. The molecule has 0 aromatic heterocycles. The molecule has 2 aromatic rings. The molecule has 0 spiro atoms. The van der Waals surface area contributed by atoms with Gasteiger partial charge in [-0.05, 0) is 48.3 Å². The van der Waals surface area contributed by atoms with Crippen molar-refractivity contribution in [1.29, 1.82) is 0 Å². The highest BCUT2D eigenvalue weighted by atomic mass is 35.5. The third-order valence-electron chi connectivity index (χ3n) is 4.12. The van der Waals surface area contributed by atoms with Gasteiger partial charge in [-0.25, -0.2) is 0 Å². The molecule has 0 saturated heterocycles. The Kier molecular flexibility index (Phi) is 10.5. The van der Waals surface area contributed by atoms with Crippen molar-refractivity contribution in [3.8, 4) is 0 Å². The fourth-order valence-corrected chi connectivity index (χ4v) is 2.86. The molecule has 0 unspecified atom stereocenters. The van der Waals surface area contributed by atoms with E-state index in [2.05, 4.69) is 16.2 Å². The van der Waals surface area contributed by atoms with Gasteiger partial charge in [0, 0.05) is 11.4 Å². The third kappa shape index (κ3) is 10.6. The van der Waals surface area contributed by atoms with Gasteiger partial charge in [0.1, 0.15) is 0 Å². The zero-order chi connectivity index (χ0) is 22.5. The fraction of sp³-hybridized carbons (Fsp3) is 0.273. The van der Waals surface area contributed by atoms with E-state index in [-0.39, 0.29) is 30.3 Å². The number of ether oxygens (including phenoxy) is 1. The Morgan fingerprint density at radius 3 is 2.29 bits per heavy atom. The van der Waals surface area contributed by atoms with Crippen LogP contribution in [0, 0.1) is 0 Å². The standard InChI is InChI=1S/C22H24ClN3O4S/c23-18-10-8-17(9-11-18)15-20(28)25-26-22(31)24-19(27)12-13-21(29)30-14-4-7-16-5-2-1-3-6-16/h1-3,5-6,8-11H,4,7,12-15H2,(H,25,28)(H2,24,26,27,31). The fourth-order valence-electron chi connectivity index (χ4n) is 2.57. The van der Waals surface area contributed by atoms with E-state index >= 15 is 0 Å². The van der Waals surface area contributed by atoms with Crippen LogP contribution < -0.4 is 16.2 Å². The number of esters is 1. The van der Waals surface area contributed by atoms with Crippen LogP contribution in [0.5, 0.6) is 0 Å². The zero-order valence-electron chi connectivity index (χ0n) is 16.9. The number of aryl methyl sites for hydroxylation is 1. The Morgan fingerprint density at radius 1 is 0.871 bits per heavy atom. The molecule has 7 nitrogen and oxygen atoms in total. The maximum absolute atomic E-state index is 11.9. The second-order valence-electron chi connectivity index (χ2n) is 6.66. The van der Waals surface area contributed by atoms with Crippen LogP contribution in [0.2, 0.25) is 5.02 Å². The number of nitrogens with one attached hydrogen (secondary N) is 3. The van der Waals surface area contributed by atoms with E-state index in [1.807, 2.05) is 30.3 Å². The van der Waals surface area contributed by atoms with Gasteiger partial charge < -0.3 is 10.1 Å². The average molecular weight is 462 g/mol. The van der Waals surface area contributed by atoms with Crippen molar-refractivity contribution in [3.05, 3.63) is 70.7 Å². The number of hydrogen-bond acceptors (Lipinski definition) is 5. The van der Waals surface area contributed by atoms with Crippen molar-refractivity contribution in [2.24, 2.45) is 0 Å². The van der Waals surface area contributed by atoms with Crippen molar-refractivity contribution in [2.75, 3.05) is 6.61 Å². The highest BCUT2D eigenvalue weighted by molar-refractivity contribution is 7.80. The molecule has 0 heterocycles. The molecule has 164 valence electrons. The summed E-state index contributed by atoms with van der Waals surface area (Å²) in [6.07, 6.45) is 1.53. The summed E-state index contributed by atoms with van der Waals surface area (Å²) in [4.78, 5) is 35.5. The summed E-state index contributed by atoms with van der Waals surface area (Å²) >= 11 is 10.8. The normalized spacial score (nSPS) is 10.1. The molecular formula is C22H24ClN3O4S. The number of hydrogen-bond donors (Lipinski definition) is 3. The average Bonchev–Trinajstić information content (AvgIpc) is 2.76. The first kappa shape index (κ1) is 24.3. The van der Waals surface area contributed by atoms with Crippen molar-refractivity contribution in [2.45, 2.75) is 32.1 Å². The van der Waals surface area contributed by atoms with Gasteiger partial charge in [0.25, 0.3) is 0 Å². The quantitative estimate of drug-likeness (QED) is 0.230. The van der Waals surface area contributed by atoms with Crippen molar-refractivity contribution in [3.63, 3.8) is 0 Å². The van der Waals surface area contributed by atoms with Crippen LogP contribution in [0.1, 0.15) is 30.4 Å². The number of halogens is 1. The number of benzene rings is 2. The van der Waals surface area contributed by atoms with Crippen LogP contribution in [-0.2, 0) is 32.0 Å². The van der Waals surface area contributed by atoms with Gasteiger partial charge in [0.2, 0.25) is 11.8 Å². The van der Waals surface area contributed by atoms with Crippen LogP contribution in [0.15, 0.2) is 54.6 Å². The van der Waals surface area contributed by atoms with Gasteiger partial charge in [0.15, 0.2) is 5.11 Å². The third-order valence-corrected chi connectivity index (χ3v) is 4.57. The molecule has 0 bridgehead atoms. The Morgan fingerprint density at radius 2 is 1.58 bits per heavy atom. The van der Waals surface area contributed by atoms with E-state index in [0.29, 0.717) is 18.1 Å². The van der Waals surface area contributed by atoms with Crippen LogP contribution in [-0.4, -0.2) is 29.5 Å². The van der Waals surface area contributed by atoms with Gasteiger partial charge in [-0.2, -0.15) is 0 Å². The zero-order valence-corrected chi connectivity index (χ0v) is 18.4. The van der Waals surface area contributed by atoms with Gasteiger partial charge in [-0.15, -0.1) is 0 Å². The van der Waals surface area contributed by atoms with Crippen LogP contribution in [0.3, 0.4) is 0 Å². The molecule has 0 aliphatic carbocycles. The lowest BCUT2D eigenvalue weighted by molar-refractivity contribution is -0.145. The molecule has 0 fully saturated rings. The van der Waals surface area contributed by atoms with Crippen LogP contribution in [0.4, 0.5) is 0 Å². The second kappa shape index (κ2) is 13.4.